The van der Waals surface area contributed by atoms with E-state index in [0.29, 0.717) is 43.2 Å². The molecule has 1 aromatic heterocycles. The van der Waals surface area contributed by atoms with Crippen LogP contribution in [0.5, 0.6) is 0 Å². The van der Waals surface area contributed by atoms with Gasteiger partial charge >= 0.3 is 0 Å². The molecule has 26 heavy (non-hydrogen) atoms. The maximum absolute atomic E-state index is 13.1. The summed E-state index contributed by atoms with van der Waals surface area (Å²) in [6.07, 6.45) is 1.56. The van der Waals surface area contributed by atoms with Crippen LogP contribution in [-0.2, 0) is 4.79 Å². The highest BCUT2D eigenvalue weighted by Crippen LogP contribution is 2.28. The molecule has 1 aromatic carbocycles. The normalized spacial score (nSPS) is 17.2. The minimum Gasteiger partial charge on any atom is -0.360 e. The highest BCUT2D eigenvalue weighted by Gasteiger charge is 2.32. The molecule has 0 aliphatic carbocycles. The second-order valence-corrected chi connectivity index (χ2v) is 6.50. The van der Waals surface area contributed by atoms with Crippen molar-refractivity contribution in [3.05, 3.63) is 41.7 Å². The van der Waals surface area contributed by atoms with Gasteiger partial charge < -0.3 is 20.5 Å². The van der Waals surface area contributed by atoms with Crippen molar-refractivity contribution in [2.75, 3.05) is 26.2 Å². The fourth-order valence-electron chi connectivity index (χ4n) is 3.29. The van der Waals surface area contributed by atoms with Crippen LogP contribution in [-0.4, -0.2) is 48.0 Å². The van der Waals surface area contributed by atoms with E-state index in [1.54, 1.807) is 11.8 Å². The number of likely N-dealkylation sites (tertiary alicyclic amines) is 1. The van der Waals surface area contributed by atoms with Crippen LogP contribution in [0.15, 0.2) is 34.9 Å². The van der Waals surface area contributed by atoms with Gasteiger partial charge in [0.05, 0.1) is 5.92 Å². The summed E-state index contributed by atoms with van der Waals surface area (Å²) >= 11 is 0. The van der Waals surface area contributed by atoms with Gasteiger partial charge in [-0.2, -0.15) is 0 Å². The van der Waals surface area contributed by atoms with Gasteiger partial charge in [-0.05, 0) is 19.8 Å². The monoisotopic (exact) mass is 356 g/mol. The summed E-state index contributed by atoms with van der Waals surface area (Å²) in [5, 5.41) is 6.89. The van der Waals surface area contributed by atoms with Gasteiger partial charge in [0.15, 0.2) is 0 Å². The van der Waals surface area contributed by atoms with E-state index >= 15 is 0 Å². The predicted molar refractivity (Wildman–Crippen MR) is 97.4 cm³/mol. The number of carbonyl (C=O) groups excluding carboxylic acids is 2. The molecule has 0 spiro atoms. The van der Waals surface area contributed by atoms with Crippen LogP contribution < -0.4 is 11.1 Å². The van der Waals surface area contributed by atoms with E-state index in [1.807, 2.05) is 30.3 Å². The van der Waals surface area contributed by atoms with E-state index in [9.17, 15) is 9.59 Å². The first-order valence-corrected chi connectivity index (χ1v) is 8.90. The summed E-state index contributed by atoms with van der Waals surface area (Å²) in [6, 6.07) is 9.49. The number of hydrogen-bond acceptors (Lipinski definition) is 5. The van der Waals surface area contributed by atoms with E-state index in [0.717, 1.165) is 18.4 Å². The summed E-state index contributed by atoms with van der Waals surface area (Å²) in [6.45, 7) is 3.61. The molecular weight excluding hydrogens is 332 g/mol. The Morgan fingerprint density at radius 2 is 2.12 bits per heavy atom. The zero-order chi connectivity index (χ0) is 18.5. The highest BCUT2D eigenvalue weighted by atomic mass is 16.5. The van der Waals surface area contributed by atoms with E-state index in [-0.39, 0.29) is 17.7 Å². The number of amides is 2. The maximum Gasteiger partial charge on any atom is 0.259 e. The Morgan fingerprint density at radius 3 is 2.85 bits per heavy atom. The lowest BCUT2D eigenvalue weighted by atomic mass is 9.96. The summed E-state index contributed by atoms with van der Waals surface area (Å²) in [5.74, 6) is 0.0975. The SMILES string of the molecule is Cc1onc(-c2ccccc2)c1C(=O)N1CCCC(C(=O)NCCN)C1. The van der Waals surface area contributed by atoms with Crippen molar-refractivity contribution in [2.24, 2.45) is 11.7 Å². The van der Waals surface area contributed by atoms with Crippen LogP contribution in [0.4, 0.5) is 0 Å². The fraction of sp³-hybridized carbons (Fsp3) is 0.421. The Balaban J connectivity index is 1.79. The van der Waals surface area contributed by atoms with Crippen LogP contribution in [0.2, 0.25) is 0 Å². The average Bonchev–Trinajstić information content (AvgIpc) is 3.07. The number of aryl methyl sites for hydroxylation is 1. The van der Waals surface area contributed by atoms with Crippen LogP contribution in [0.1, 0.15) is 29.0 Å². The summed E-state index contributed by atoms with van der Waals surface area (Å²) in [5.41, 5.74) is 7.29. The number of hydrogen-bond donors (Lipinski definition) is 2. The molecule has 1 atom stereocenters. The van der Waals surface area contributed by atoms with Crippen molar-refractivity contribution in [1.82, 2.24) is 15.4 Å². The Morgan fingerprint density at radius 1 is 1.35 bits per heavy atom. The second kappa shape index (κ2) is 8.14. The molecule has 3 rings (SSSR count). The van der Waals surface area contributed by atoms with Gasteiger partial charge in [0.2, 0.25) is 5.91 Å². The van der Waals surface area contributed by atoms with E-state index in [1.165, 1.54) is 0 Å². The van der Waals surface area contributed by atoms with Crippen molar-refractivity contribution in [3.8, 4) is 11.3 Å². The molecule has 1 unspecified atom stereocenters. The zero-order valence-corrected chi connectivity index (χ0v) is 14.9. The Bertz CT molecular complexity index is 772. The number of piperidine rings is 1. The third-order valence-corrected chi connectivity index (χ3v) is 4.65. The summed E-state index contributed by atoms with van der Waals surface area (Å²) in [7, 11) is 0. The fourth-order valence-corrected chi connectivity index (χ4v) is 3.29. The average molecular weight is 356 g/mol. The number of nitrogens with two attached hydrogens (primary N) is 1. The number of rotatable bonds is 5. The molecule has 0 bridgehead atoms. The van der Waals surface area contributed by atoms with Crippen molar-refractivity contribution >= 4 is 11.8 Å². The molecule has 2 aromatic rings. The largest absolute Gasteiger partial charge is 0.360 e. The highest BCUT2D eigenvalue weighted by molar-refractivity contribution is 6.01. The molecule has 1 saturated heterocycles. The summed E-state index contributed by atoms with van der Waals surface area (Å²) < 4.78 is 5.30. The lowest BCUT2D eigenvalue weighted by Crippen LogP contribution is -2.46. The predicted octanol–water partition coefficient (Wildman–Crippen LogP) is 1.58. The molecule has 1 fully saturated rings. The molecule has 1 aliphatic rings. The molecular formula is C19H24N4O3. The first-order valence-electron chi connectivity index (χ1n) is 8.90. The Labute approximate surface area is 152 Å². The first-order chi connectivity index (χ1) is 12.6. The molecule has 7 heteroatoms. The summed E-state index contributed by atoms with van der Waals surface area (Å²) in [4.78, 5) is 27.1. The first kappa shape index (κ1) is 18.1. The third-order valence-electron chi connectivity index (χ3n) is 4.65. The topological polar surface area (TPSA) is 101 Å². The van der Waals surface area contributed by atoms with Crippen LogP contribution in [0.3, 0.4) is 0 Å². The van der Waals surface area contributed by atoms with E-state index < -0.39 is 0 Å². The maximum atomic E-state index is 13.1. The van der Waals surface area contributed by atoms with Crippen molar-refractivity contribution in [2.45, 2.75) is 19.8 Å². The molecule has 138 valence electrons. The lowest BCUT2D eigenvalue weighted by Gasteiger charge is -2.32. The number of carbonyl (C=O) groups is 2. The van der Waals surface area contributed by atoms with Gasteiger partial charge in [-0.25, -0.2) is 0 Å². The van der Waals surface area contributed by atoms with Gasteiger partial charge in [-0.15, -0.1) is 0 Å². The second-order valence-electron chi connectivity index (χ2n) is 6.50. The Kier molecular flexibility index (Phi) is 5.68. The molecule has 0 saturated carbocycles. The van der Waals surface area contributed by atoms with Gasteiger partial charge in [0.25, 0.3) is 5.91 Å². The molecule has 2 heterocycles. The smallest absolute Gasteiger partial charge is 0.259 e. The van der Waals surface area contributed by atoms with Crippen LogP contribution in [0.25, 0.3) is 11.3 Å². The van der Waals surface area contributed by atoms with E-state index in [2.05, 4.69) is 10.5 Å². The van der Waals surface area contributed by atoms with Gasteiger partial charge in [-0.3, -0.25) is 9.59 Å². The van der Waals surface area contributed by atoms with Gasteiger partial charge in [-0.1, -0.05) is 35.5 Å². The van der Waals surface area contributed by atoms with Crippen LogP contribution >= 0.6 is 0 Å². The quantitative estimate of drug-likeness (QED) is 0.847. The molecule has 7 nitrogen and oxygen atoms in total. The minimum absolute atomic E-state index is 0.0433. The van der Waals surface area contributed by atoms with Gasteiger partial charge in [0.1, 0.15) is 17.0 Å². The van der Waals surface area contributed by atoms with Crippen molar-refractivity contribution in [1.29, 1.82) is 0 Å². The number of nitrogens with one attached hydrogen (secondary N) is 1. The zero-order valence-electron chi connectivity index (χ0n) is 14.9. The lowest BCUT2D eigenvalue weighted by molar-refractivity contribution is -0.126. The van der Waals surface area contributed by atoms with Gasteiger partial charge in [0, 0.05) is 31.7 Å². The van der Waals surface area contributed by atoms with E-state index in [4.69, 9.17) is 10.3 Å². The molecule has 3 N–H and O–H groups in total. The molecule has 2 amide bonds. The third kappa shape index (κ3) is 3.77. The molecule has 0 radical (unpaired) electrons. The number of aromatic nitrogens is 1. The minimum atomic E-state index is -0.209. The standard InChI is InChI=1S/C19H24N4O3/c1-13-16(17(22-26-13)14-6-3-2-4-7-14)19(25)23-11-5-8-15(12-23)18(24)21-10-9-20/h2-4,6-7,15H,5,8-12,20H2,1H3,(H,21,24). The van der Waals surface area contributed by atoms with Crippen molar-refractivity contribution in [3.63, 3.8) is 0 Å². The molecule has 1 aliphatic heterocycles. The van der Waals surface area contributed by atoms with Crippen LogP contribution in [0, 0.1) is 12.8 Å². The number of nitrogens with zero attached hydrogens (tertiary/aromatic N) is 2. The van der Waals surface area contributed by atoms with Crippen molar-refractivity contribution < 1.29 is 14.1 Å². The number of benzene rings is 1. The Hall–Kier alpha value is -2.67.